The first-order valence-electron chi connectivity index (χ1n) is 11.1. The largest absolute Gasteiger partial charge is 0.507 e. The first kappa shape index (κ1) is 25.5. The molecule has 0 spiro atoms. The number of H-pyrrole nitrogens is 1. The van der Waals surface area contributed by atoms with Gasteiger partial charge in [-0.2, -0.15) is 0 Å². The van der Waals surface area contributed by atoms with Crippen LogP contribution in [0, 0.1) is 13.8 Å². The highest BCUT2D eigenvalue weighted by Crippen LogP contribution is 2.41. The van der Waals surface area contributed by atoms with E-state index in [1.54, 1.807) is 45.0 Å². The van der Waals surface area contributed by atoms with Crippen LogP contribution in [0.4, 0.5) is 0 Å². The van der Waals surface area contributed by atoms with E-state index >= 15 is 0 Å². The molecule has 2 aromatic rings. The fraction of sp³-hybridized carbons (Fsp3) is 0.400. The number of carbonyl (C=O) groups excluding carboxylic acids is 3. The van der Waals surface area contributed by atoms with Gasteiger partial charge >= 0.3 is 5.97 Å². The zero-order valence-corrected chi connectivity index (χ0v) is 20.8. The van der Waals surface area contributed by atoms with Crippen molar-refractivity contribution in [1.82, 2.24) is 14.8 Å². The lowest BCUT2D eigenvalue weighted by molar-refractivity contribution is -0.139. The van der Waals surface area contributed by atoms with Gasteiger partial charge in [-0.1, -0.05) is 23.7 Å². The van der Waals surface area contributed by atoms with Gasteiger partial charge in [0.25, 0.3) is 11.7 Å². The summed E-state index contributed by atoms with van der Waals surface area (Å²) in [4.78, 5) is 45.0. The summed E-state index contributed by atoms with van der Waals surface area (Å²) in [5.41, 5.74) is 2.09. The van der Waals surface area contributed by atoms with Crippen LogP contribution in [0.5, 0.6) is 0 Å². The molecule has 8 nitrogen and oxygen atoms in total. The number of aryl methyl sites for hydroxylation is 1. The second kappa shape index (κ2) is 10.4. The first-order valence-corrected chi connectivity index (χ1v) is 11.5. The minimum atomic E-state index is -0.779. The highest BCUT2D eigenvalue weighted by molar-refractivity contribution is 6.46. The van der Waals surface area contributed by atoms with Crippen LogP contribution in [0.15, 0.2) is 29.8 Å². The van der Waals surface area contributed by atoms with Gasteiger partial charge in [-0.25, -0.2) is 4.79 Å². The lowest BCUT2D eigenvalue weighted by atomic mass is 9.94. The monoisotopic (exact) mass is 487 g/mol. The van der Waals surface area contributed by atoms with Crippen LogP contribution in [0.2, 0.25) is 5.02 Å². The zero-order chi connectivity index (χ0) is 25.2. The predicted molar refractivity (Wildman–Crippen MR) is 130 cm³/mol. The Morgan fingerprint density at radius 1 is 1.21 bits per heavy atom. The summed E-state index contributed by atoms with van der Waals surface area (Å²) in [7, 11) is 3.87. The van der Waals surface area contributed by atoms with Crippen molar-refractivity contribution < 1.29 is 24.2 Å². The Balaban J connectivity index is 2.15. The molecule has 34 heavy (non-hydrogen) atoms. The van der Waals surface area contributed by atoms with Gasteiger partial charge in [-0.3, -0.25) is 9.59 Å². The highest BCUT2D eigenvalue weighted by Gasteiger charge is 2.46. The second-order valence-electron chi connectivity index (χ2n) is 8.55. The Kier molecular flexibility index (Phi) is 7.84. The van der Waals surface area contributed by atoms with Gasteiger partial charge in [-0.15, -0.1) is 0 Å². The summed E-state index contributed by atoms with van der Waals surface area (Å²) < 4.78 is 5.09. The SMILES string of the molecule is CCOC(=O)c1[nH]c(C)c(/C(O)=C2\C(=O)C(=O)N(CCCN(C)C)C2c2ccc(Cl)cc2)c1C. The van der Waals surface area contributed by atoms with Crippen molar-refractivity contribution in [3.8, 4) is 0 Å². The van der Waals surface area contributed by atoms with Crippen LogP contribution in [-0.2, 0) is 14.3 Å². The average molecular weight is 488 g/mol. The molecule has 1 aromatic heterocycles. The molecule has 1 aromatic carbocycles. The van der Waals surface area contributed by atoms with Crippen molar-refractivity contribution in [3.63, 3.8) is 0 Å². The van der Waals surface area contributed by atoms with Crippen molar-refractivity contribution in [2.75, 3.05) is 33.8 Å². The number of hydrogen-bond donors (Lipinski definition) is 2. The topological polar surface area (TPSA) is 103 Å². The molecule has 182 valence electrons. The Bertz CT molecular complexity index is 1130. The van der Waals surface area contributed by atoms with Gasteiger partial charge in [-0.05, 0) is 71.1 Å². The van der Waals surface area contributed by atoms with E-state index in [1.807, 2.05) is 19.0 Å². The highest BCUT2D eigenvalue weighted by atomic mass is 35.5. The molecule has 1 aliphatic rings. The van der Waals surface area contributed by atoms with E-state index in [2.05, 4.69) is 4.98 Å². The van der Waals surface area contributed by atoms with Gasteiger partial charge in [0, 0.05) is 22.8 Å². The smallest absolute Gasteiger partial charge is 0.355 e. The number of nitrogens with one attached hydrogen (secondary N) is 1. The molecule has 1 unspecified atom stereocenters. The third-order valence-corrected chi connectivity index (χ3v) is 6.14. The number of aromatic nitrogens is 1. The molecule has 2 heterocycles. The standard InChI is InChI=1S/C25H30ClN3O5/c1-6-34-25(33)20-14(2)18(15(3)27-20)22(30)19-21(16-8-10-17(26)11-9-16)29(24(32)23(19)31)13-7-12-28(4)5/h8-11,21,27,30H,6-7,12-13H2,1-5H3/b22-19+. The number of benzene rings is 1. The van der Waals surface area contributed by atoms with Gasteiger partial charge in [0.15, 0.2) is 0 Å². The first-order chi connectivity index (χ1) is 16.1. The molecule has 1 fully saturated rings. The molecule has 1 aliphatic heterocycles. The van der Waals surface area contributed by atoms with E-state index < -0.39 is 23.7 Å². The van der Waals surface area contributed by atoms with Crippen LogP contribution in [0.25, 0.3) is 5.76 Å². The molecule has 0 saturated carbocycles. The predicted octanol–water partition coefficient (Wildman–Crippen LogP) is 3.84. The molecule has 1 amide bonds. The van der Waals surface area contributed by atoms with Crippen molar-refractivity contribution in [1.29, 1.82) is 0 Å². The molecule has 1 saturated heterocycles. The number of aliphatic hydroxyl groups is 1. The summed E-state index contributed by atoms with van der Waals surface area (Å²) in [5.74, 6) is -2.31. The van der Waals surface area contributed by atoms with Gasteiger partial charge in [0.2, 0.25) is 0 Å². The average Bonchev–Trinajstić information content (AvgIpc) is 3.21. The van der Waals surface area contributed by atoms with Crippen LogP contribution in [-0.4, -0.2) is 71.3 Å². The number of nitrogens with zero attached hydrogens (tertiary/aromatic N) is 2. The Hall–Kier alpha value is -3.10. The van der Waals surface area contributed by atoms with Crippen molar-refractivity contribution in [2.24, 2.45) is 0 Å². The quantitative estimate of drug-likeness (QED) is 0.254. The maximum Gasteiger partial charge on any atom is 0.355 e. The van der Waals surface area contributed by atoms with E-state index in [-0.39, 0.29) is 23.6 Å². The number of likely N-dealkylation sites (tertiary alicyclic amines) is 1. The number of halogens is 1. The van der Waals surface area contributed by atoms with Crippen LogP contribution in [0.1, 0.15) is 52.3 Å². The van der Waals surface area contributed by atoms with Crippen molar-refractivity contribution in [2.45, 2.75) is 33.2 Å². The molecule has 1 atom stereocenters. The van der Waals surface area contributed by atoms with E-state index in [0.717, 1.165) is 6.54 Å². The van der Waals surface area contributed by atoms with E-state index in [4.69, 9.17) is 16.3 Å². The number of amides is 1. The molecular formula is C25H30ClN3O5. The second-order valence-corrected chi connectivity index (χ2v) is 8.98. The molecule has 2 N–H and O–H groups in total. The van der Waals surface area contributed by atoms with E-state index in [1.165, 1.54) is 4.90 Å². The minimum Gasteiger partial charge on any atom is -0.507 e. The number of aliphatic hydroxyl groups excluding tert-OH is 1. The number of rotatable bonds is 8. The lowest BCUT2D eigenvalue weighted by Gasteiger charge is -2.26. The summed E-state index contributed by atoms with van der Waals surface area (Å²) >= 11 is 6.06. The number of ketones is 1. The Morgan fingerprint density at radius 2 is 1.85 bits per heavy atom. The fourth-order valence-electron chi connectivity index (χ4n) is 4.31. The van der Waals surface area contributed by atoms with Gasteiger partial charge in [0.1, 0.15) is 11.5 Å². The molecular weight excluding hydrogens is 458 g/mol. The normalized spacial score (nSPS) is 17.6. The molecule has 0 aliphatic carbocycles. The molecule has 3 rings (SSSR count). The summed E-state index contributed by atoms with van der Waals surface area (Å²) in [6, 6.07) is 6.07. The maximum absolute atomic E-state index is 13.2. The summed E-state index contributed by atoms with van der Waals surface area (Å²) in [5, 5.41) is 11.9. The number of ether oxygens (including phenoxy) is 1. The number of Topliss-reactive ketones (excluding diaryl/α,β-unsaturated/α-hetero) is 1. The van der Waals surface area contributed by atoms with E-state index in [9.17, 15) is 19.5 Å². The number of esters is 1. The third kappa shape index (κ3) is 4.88. The molecule has 9 heteroatoms. The van der Waals surface area contributed by atoms with Crippen LogP contribution < -0.4 is 0 Å². The number of hydrogen-bond acceptors (Lipinski definition) is 6. The third-order valence-electron chi connectivity index (χ3n) is 5.88. The van der Waals surface area contributed by atoms with Gasteiger partial charge < -0.3 is 24.6 Å². The van der Waals surface area contributed by atoms with Crippen LogP contribution >= 0.6 is 11.6 Å². The molecule has 0 radical (unpaired) electrons. The van der Waals surface area contributed by atoms with E-state index in [0.29, 0.717) is 40.4 Å². The lowest BCUT2D eigenvalue weighted by Crippen LogP contribution is -2.32. The summed E-state index contributed by atoms with van der Waals surface area (Å²) in [6.45, 7) is 6.33. The van der Waals surface area contributed by atoms with Crippen molar-refractivity contribution >= 4 is 35.0 Å². The number of aromatic amines is 1. The fourth-order valence-corrected chi connectivity index (χ4v) is 4.43. The minimum absolute atomic E-state index is 0.0159. The Morgan fingerprint density at radius 3 is 2.44 bits per heavy atom. The van der Waals surface area contributed by atoms with Crippen LogP contribution in [0.3, 0.4) is 0 Å². The summed E-state index contributed by atoms with van der Waals surface area (Å²) in [6.07, 6.45) is 0.652. The van der Waals surface area contributed by atoms with Crippen molar-refractivity contribution in [3.05, 3.63) is 62.9 Å². The Labute approximate surface area is 204 Å². The molecule has 0 bridgehead atoms. The number of carbonyl (C=O) groups is 3. The maximum atomic E-state index is 13.2. The zero-order valence-electron chi connectivity index (χ0n) is 20.1. The van der Waals surface area contributed by atoms with Gasteiger partial charge in [0.05, 0.1) is 18.2 Å².